The largest absolute Gasteiger partial charge is 0.497 e. The molecule has 0 bridgehead atoms. The normalized spacial score (nSPS) is 15.0. The van der Waals surface area contributed by atoms with Crippen molar-refractivity contribution in [1.29, 1.82) is 5.26 Å². The number of nitrogens with zero attached hydrogens (tertiary/aromatic N) is 3. The summed E-state index contributed by atoms with van der Waals surface area (Å²) in [5.41, 5.74) is 2.02. The fourth-order valence-electron chi connectivity index (χ4n) is 3.09. The van der Waals surface area contributed by atoms with E-state index in [0.717, 1.165) is 32.7 Å². The minimum atomic E-state index is -0.403. The van der Waals surface area contributed by atoms with Crippen molar-refractivity contribution in [3.05, 3.63) is 71.9 Å². The van der Waals surface area contributed by atoms with Crippen molar-refractivity contribution in [2.24, 2.45) is 0 Å². The van der Waals surface area contributed by atoms with Gasteiger partial charge >= 0.3 is 0 Å². The summed E-state index contributed by atoms with van der Waals surface area (Å²) < 4.78 is 5.10. The van der Waals surface area contributed by atoms with Gasteiger partial charge in [-0.25, -0.2) is 0 Å². The van der Waals surface area contributed by atoms with E-state index in [9.17, 15) is 10.1 Å². The smallest absolute Gasteiger partial charge is 0.267 e. The van der Waals surface area contributed by atoms with Crippen LogP contribution in [0, 0.1) is 11.3 Å². The van der Waals surface area contributed by atoms with Crippen LogP contribution in [0.1, 0.15) is 5.56 Å². The van der Waals surface area contributed by atoms with Gasteiger partial charge in [0.15, 0.2) is 0 Å². The lowest BCUT2D eigenvalue weighted by molar-refractivity contribution is -0.112. The Hall–Kier alpha value is -3.30. The third kappa shape index (κ3) is 5.35. The summed E-state index contributed by atoms with van der Waals surface area (Å²) in [6.45, 7) is 4.28. The Labute approximate surface area is 165 Å². The van der Waals surface area contributed by atoms with Gasteiger partial charge in [-0.2, -0.15) is 5.26 Å². The highest BCUT2D eigenvalue weighted by atomic mass is 16.5. The molecule has 0 saturated carbocycles. The van der Waals surface area contributed by atoms with Crippen LogP contribution in [0.15, 0.2) is 66.4 Å². The van der Waals surface area contributed by atoms with Crippen LogP contribution >= 0.6 is 0 Å². The Morgan fingerprint density at radius 3 is 2.39 bits per heavy atom. The molecule has 1 heterocycles. The van der Waals surface area contributed by atoms with Crippen LogP contribution in [0.3, 0.4) is 0 Å². The van der Waals surface area contributed by atoms with Crippen molar-refractivity contribution < 1.29 is 9.53 Å². The van der Waals surface area contributed by atoms with Crippen LogP contribution in [0.2, 0.25) is 0 Å². The summed E-state index contributed by atoms with van der Waals surface area (Å²) in [6, 6.07) is 19.4. The van der Waals surface area contributed by atoms with Gasteiger partial charge in [-0.3, -0.25) is 9.69 Å². The topological polar surface area (TPSA) is 68.6 Å². The molecule has 2 aromatic carbocycles. The standard InChI is InChI=1S/C22H24N4O2/c1-28-21-9-7-20(8-10-21)24-22(27)19(15-23)17-26-13-11-25(12-14-26)16-18-5-3-2-4-6-18/h2-10,17H,11-14,16H2,1H3,(H,24,27)/b19-17-. The number of piperazine rings is 1. The first-order valence-electron chi connectivity index (χ1n) is 9.25. The molecule has 0 aromatic heterocycles. The van der Waals surface area contributed by atoms with E-state index in [1.165, 1.54) is 5.56 Å². The van der Waals surface area contributed by atoms with E-state index < -0.39 is 5.91 Å². The minimum absolute atomic E-state index is 0.104. The number of ether oxygens (including phenoxy) is 1. The molecular weight excluding hydrogens is 352 g/mol. The van der Waals surface area contributed by atoms with Gasteiger partial charge in [0.1, 0.15) is 17.4 Å². The number of benzene rings is 2. The number of carbonyl (C=O) groups excluding carboxylic acids is 1. The molecule has 1 saturated heterocycles. The maximum atomic E-state index is 12.4. The van der Waals surface area contributed by atoms with Gasteiger partial charge in [0.2, 0.25) is 0 Å². The summed E-state index contributed by atoms with van der Waals surface area (Å²) in [4.78, 5) is 16.8. The average molecular weight is 376 g/mol. The van der Waals surface area contributed by atoms with E-state index in [4.69, 9.17) is 4.74 Å². The predicted molar refractivity (Wildman–Crippen MR) is 109 cm³/mol. The molecule has 3 rings (SSSR count). The van der Waals surface area contributed by atoms with E-state index >= 15 is 0 Å². The number of methoxy groups -OCH3 is 1. The molecule has 6 nitrogen and oxygen atoms in total. The molecule has 1 amide bonds. The van der Waals surface area contributed by atoms with E-state index in [1.54, 1.807) is 37.6 Å². The Morgan fingerprint density at radius 1 is 1.11 bits per heavy atom. The highest BCUT2D eigenvalue weighted by Crippen LogP contribution is 2.16. The Balaban J connectivity index is 1.54. The van der Waals surface area contributed by atoms with Gasteiger partial charge < -0.3 is 15.0 Å². The molecule has 0 unspecified atom stereocenters. The second kappa shape index (κ2) is 9.58. The number of carbonyl (C=O) groups is 1. The molecule has 0 radical (unpaired) electrons. The average Bonchev–Trinajstić information content (AvgIpc) is 2.74. The lowest BCUT2D eigenvalue weighted by atomic mass is 10.2. The third-order valence-electron chi connectivity index (χ3n) is 4.68. The van der Waals surface area contributed by atoms with Crippen molar-refractivity contribution in [1.82, 2.24) is 9.80 Å². The third-order valence-corrected chi connectivity index (χ3v) is 4.68. The van der Waals surface area contributed by atoms with Crippen molar-refractivity contribution in [2.45, 2.75) is 6.54 Å². The van der Waals surface area contributed by atoms with E-state index in [-0.39, 0.29) is 5.57 Å². The Morgan fingerprint density at radius 2 is 1.79 bits per heavy atom. The molecule has 1 N–H and O–H groups in total. The number of nitrogens with one attached hydrogen (secondary N) is 1. The molecule has 1 aliphatic rings. The SMILES string of the molecule is COc1ccc(NC(=O)/C(C#N)=C\N2CCN(Cc3ccccc3)CC2)cc1. The Kier molecular flexibility index (Phi) is 6.66. The van der Waals surface area contributed by atoms with Crippen molar-refractivity contribution in [2.75, 3.05) is 38.6 Å². The summed E-state index contributed by atoms with van der Waals surface area (Å²) in [7, 11) is 1.59. The van der Waals surface area contributed by atoms with Crippen molar-refractivity contribution in [3.8, 4) is 11.8 Å². The molecule has 0 spiro atoms. The zero-order chi connectivity index (χ0) is 19.8. The minimum Gasteiger partial charge on any atom is -0.497 e. The van der Waals surface area contributed by atoms with Crippen LogP contribution in [0.25, 0.3) is 0 Å². The number of nitriles is 1. The molecule has 2 aromatic rings. The molecule has 6 heteroatoms. The number of hydrogen-bond donors (Lipinski definition) is 1. The predicted octanol–water partition coefficient (Wildman–Crippen LogP) is 2.86. The number of hydrogen-bond acceptors (Lipinski definition) is 5. The highest BCUT2D eigenvalue weighted by molar-refractivity contribution is 6.06. The molecule has 0 atom stereocenters. The zero-order valence-corrected chi connectivity index (χ0v) is 16.0. The summed E-state index contributed by atoms with van der Waals surface area (Å²) in [5, 5.41) is 12.2. The van der Waals surface area contributed by atoms with Crippen molar-refractivity contribution in [3.63, 3.8) is 0 Å². The maximum absolute atomic E-state index is 12.4. The van der Waals surface area contributed by atoms with Gasteiger partial charge in [0.05, 0.1) is 7.11 Å². The molecular formula is C22H24N4O2. The maximum Gasteiger partial charge on any atom is 0.267 e. The van der Waals surface area contributed by atoms with Crippen LogP contribution in [-0.4, -0.2) is 49.0 Å². The van der Waals surface area contributed by atoms with E-state index in [1.807, 2.05) is 17.0 Å². The number of anilines is 1. The van der Waals surface area contributed by atoms with E-state index in [0.29, 0.717) is 11.4 Å². The monoisotopic (exact) mass is 376 g/mol. The van der Waals surface area contributed by atoms with Crippen LogP contribution < -0.4 is 10.1 Å². The summed E-state index contributed by atoms with van der Waals surface area (Å²) in [6.07, 6.45) is 1.67. The first kappa shape index (κ1) is 19.5. The van der Waals surface area contributed by atoms with Gasteiger partial charge in [-0.05, 0) is 29.8 Å². The van der Waals surface area contributed by atoms with Crippen LogP contribution in [0.5, 0.6) is 5.75 Å². The first-order chi connectivity index (χ1) is 13.7. The Bertz CT molecular complexity index is 848. The van der Waals surface area contributed by atoms with Crippen LogP contribution in [-0.2, 0) is 11.3 Å². The number of rotatable bonds is 6. The fourth-order valence-corrected chi connectivity index (χ4v) is 3.09. The molecule has 1 fully saturated rings. The quantitative estimate of drug-likeness (QED) is 0.620. The second-order valence-corrected chi connectivity index (χ2v) is 6.63. The van der Waals surface area contributed by atoms with E-state index in [2.05, 4.69) is 34.5 Å². The van der Waals surface area contributed by atoms with Gasteiger partial charge in [-0.15, -0.1) is 0 Å². The second-order valence-electron chi connectivity index (χ2n) is 6.63. The highest BCUT2D eigenvalue weighted by Gasteiger charge is 2.17. The molecule has 144 valence electrons. The molecule has 28 heavy (non-hydrogen) atoms. The van der Waals surface area contributed by atoms with Crippen LogP contribution in [0.4, 0.5) is 5.69 Å². The first-order valence-corrected chi connectivity index (χ1v) is 9.25. The summed E-state index contributed by atoms with van der Waals surface area (Å²) in [5.74, 6) is 0.307. The van der Waals surface area contributed by atoms with Gasteiger partial charge in [0, 0.05) is 44.6 Å². The van der Waals surface area contributed by atoms with Crippen molar-refractivity contribution >= 4 is 11.6 Å². The molecule has 0 aliphatic carbocycles. The summed E-state index contributed by atoms with van der Waals surface area (Å²) >= 11 is 0. The fraction of sp³-hybridized carbons (Fsp3) is 0.273. The number of amides is 1. The zero-order valence-electron chi connectivity index (χ0n) is 16.0. The molecule has 1 aliphatic heterocycles. The lowest BCUT2D eigenvalue weighted by Gasteiger charge is -2.34. The van der Waals surface area contributed by atoms with Gasteiger partial charge in [0.25, 0.3) is 5.91 Å². The lowest BCUT2D eigenvalue weighted by Crippen LogP contribution is -2.43. The van der Waals surface area contributed by atoms with Gasteiger partial charge in [-0.1, -0.05) is 30.3 Å².